The van der Waals surface area contributed by atoms with Gasteiger partial charge in [-0.2, -0.15) is 9.83 Å². The largest absolute Gasteiger partial charge is 0.762 e. The highest BCUT2D eigenvalue weighted by Crippen LogP contribution is 2.11. The molecule has 0 fully saturated rings. The van der Waals surface area contributed by atoms with E-state index < -0.39 is 0 Å². The molecule has 1 aromatic rings. The van der Waals surface area contributed by atoms with E-state index in [-0.39, 0.29) is 5.57 Å². The number of thiocarbonyl (C=S) groups is 1. The van der Waals surface area contributed by atoms with Crippen molar-refractivity contribution >= 4 is 39.7 Å². The minimum atomic E-state index is 0.0350. The summed E-state index contributed by atoms with van der Waals surface area (Å²) in [5, 5.41) is 17.5. The second-order valence-corrected chi connectivity index (χ2v) is 4.42. The molecule has 0 aromatic carbocycles. The van der Waals surface area contributed by atoms with Crippen LogP contribution in [0.4, 0.5) is 0 Å². The summed E-state index contributed by atoms with van der Waals surface area (Å²) < 4.78 is 2.41. The molecule has 0 aliphatic carbocycles. The van der Waals surface area contributed by atoms with E-state index in [4.69, 9.17) is 22.9 Å². The van der Waals surface area contributed by atoms with E-state index in [9.17, 15) is 0 Å². The molecular formula is C12H9N3S2. The Morgan fingerprint density at radius 2 is 2.06 bits per heavy atom. The third-order valence-corrected chi connectivity index (χ3v) is 3.20. The number of rotatable bonds is 3. The highest BCUT2D eigenvalue weighted by atomic mass is 32.2. The van der Waals surface area contributed by atoms with Gasteiger partial charge in [-0.25, -0.2) is 0 Å². The molecule has 0 radical (unpaired) electrons. The standard InChI is InChI=1S/C12H9N3S2/c1-17-12(16)11(7-10(8-13)9-14)15-5-3-2-4-6-15/h2-7H,1H3/b11-7+. The summed E-state index contributed by atoms with van der Waals surface area (Å²) in [4.78, 5) is 0. The Morgan fingerprint density at radius 1 is 1.41 bits per heavy atom. The van der Waals surface area contributed by atoms with E-state index in [1.165, 1.54) is 17.8 Å². The van der Waals surface area contributed by atoms with Gasteiger partial charge in [0.05, 0.1) is 5.57 Å². The number of hydrogen-bond donors (Lipinski definition) is 0. The highest BCUT2D eigenvalue weighted by molar-refractivity contribution is 8.23. The fourth-order valence-corrected chi connectivity index (χ4v) is 1.67. The zero-order valence-electron chi connectivity index (χ0n) is 9.12. The zero-order chi connectivity index (χ0) is 12.7. The molecule has 0 aliphatic heterocycles. The van der Waals surface area contributed by atoms with Gasteiger partial charge >= 0.3 is 0 Å². The lowest BCUT2D eigenvalue weighted by atomic mass is 10.2. The smallest absolute Gasteiger partial charge is 0.237 e. The van der Waals surface area contributed by atoms with Crippen LogP contribution < -0.4 is 4.57 Å². The summed E-state index contributed by atoms with van der Waals surface area (Å²) >= 11 is 6.62. The van der Waals surface area contributed by atoms with Gasteiger partial charge in [0.25, 0.3) is 0 Å². The van der Waals surface area contributed by atoms with Crippen LogP contribution in [-0.2, 0) is 0 Å². The van der Waals surface area contributed by atoms with Crippen molar-refractivity contribution in [3.8, 4) is 6.07 Å². The molecule has 0 spiro atoms. The van der Waals surface area contributed by atoms with Gasteiger partial charge < -0.3 is 5.41 Å². The van der Waals surface area contributed by atoms with Crippen molar-refractivity contribution in [2.24, 2.45) is 0 Å². The Labute approximate surface area is 110 Å². The third-order valence-electron chi connectivity index (χ3n) is 1.91. The molecule has 0 atom stereocenters. The molecule has 1 heterocycles. The number of hydrogen-bond acceptors (Lipinski definition) is 3. The molecule has 0 saturated heterocycles. The topological polar surface area (TPSA) is 50.0 Å². The number of nitrogens with zero attached hydrogens (tertiary/aromatic N) is 3. The third kappa shape index (κ3) is 3.65. The maximum atomic E-state index is 8.76. The van der Waals surface area contributed by atoms with Crippen molar-refractivity contribution < 1.29 is 4.57 Å². The van der Waals surface area contributed by atoms with Gasteiger partial charge in [0.15, 0.2) is 12.4 Å². The summed E-state index contributed by atoms with van der Waals surface area (Å²) in [5.74, 6) is 1.83. The summed E-state index contributed by atoms with van der Waals surface area (Å²) in [7, 11) is 0. The van der Waals surface area contributed by atoms with Crippen LogP contribution in [0.15, 0.2) is 42.2 Å². The molecular weight excluding hydrogens is 250 g/mol. The van der Waals surface area contributed by atoms with Crippen LogP contribution in [-0.4, -0.2) is 16.3 Å². The van der Waals surface area contributed by atoms with Crippen LogP contribution in [0.1, 0.15) is 0 Å². The lowest BCUT2D eigenvalue weighted by Crippen LogP contribution is -2.34. The van der Waals surface area contributed by atoms with Crippen molar-refractivity contribution in [1.82, 2.24) is 0 Å². The number of pyridine rings is 1. The number of allylic oxidation sites excluding steroid dienone is 2. The minimum Gasteiger partial charge on any atom is -0.762 e. The Morgan fingerprint density at radius 3 is 2.53 bits per heavy atom. The van der Waals surface area contributed by atoms with Gasteiger partial charge in [-0.3, -0.25) is 5.87 Å². The molecule has 84 valence electrons. The maximum Gasteiger partial charge on any atom is 0.237 e. The first-order valence-electron chi connectivity index (χ1n) is 4.66. The zero-order valence-corrected chi connectivity index (χ0v) is 10.8. The van der Waals surface area contributed by atoms with Crippen molar-refractivity contribution in [2.45, 2.75) is 0 Å². The van der Waals surface area contributed by atoms with Gasteiger partial charge in [-0.05, 0) is 6.26 Å². The predicted octanol–water partition coefficient (Wildman–Crippen LogP) is 2.19. The van der Waals surface area contributed by atoms with Crippen LogP contribution >= 0.6 is 24.0 Å². The van der Waals surface area contributed by atoms with Crippen LogP contribution in [0, 0.1) is 11.3 Å². The molecule has 0 bridgehead atoms. The number of aromatic nitrogens is 1. The van der Waals surface area contributed by atoms with Crippen LogP contribution in [0.5, 0.6) is 0 Å². The number of nitriles is 1. The summed E-state index contributed by atoms with van der Waals surface area (Å²) in [6.45, 7) is 0. The summed E-state index contributed by atoms with van der Waals surface area (Å²) in [6, 6.07) is 7.42. The number of thioether (sulfide) groups is 1. The molecule has 17 heavy (non-hydrogen) atoms. The fourth-order valence-electron chi connectivity index (χ4n) is 1.13. The van der Waals surface area contributed by atoms with E-state index in [0.29, 0.717) is 9.89 Å². The molecule has 0 aliphatic rings. The van der Waals surface area contributed by atoms with Crippen LogP contribution in [0.3, 0.4) is 0 Å². The van der Waals surface area contributed by atoms with Gasteiger partial charge in [-0.15, -0.1) is 11.8 Å². The van der Waals surface area contributed by atoms with E-state index in [2.05, 4.69) is 0 Å². The van der Waals surface area contributed by atoms with E-state index in [1.54, 1.807) is 4.57 Å². The predicted molar refractivity (Wildman–Crippen MR) is 74.5 cm³/mol. The molecule has 0 N–H and O–H groups in total. The van der Waals surface area contributed by atoms with Crippen molar-refractivity contribution in [3.05, 3.63) is 47.7 Å². The molecule has 0 saturated carbocycles. The minimum absolute atomic E-state index is 0.0350. The van der Waals surface area contributed by atoms with Gasteiger partial charge in [0.2, 0.25) is 5.70 Å². The average Bonchev–Trinajstić information content (AvgIpc) is 2.40. The molecule has 0 amide bonds. The first kappa shape index (κ1) is 13.3. The van der Waals surface area contributed by atoms with E-state index in [1.807, 2.05) is 48.8 Å². The Hall–Kier alpha value is -1.73. The second-order valence-electron chi connectivity index (χ2n) is 2.94. The van der Waals surface area contributed by atoms with E-state index in [0.717, 1.165) is 0 Å². The van der Waals surface area contributed by atoms with Gasteiger partial charge in [-0.1, -0.05) is 18.3 Å². The SMILES string of the molecule is CSC(=S)/C(=C\C(=C=[N-])C#N)[n+]1ccccc1. The van der Waals surface area contributed by atoms with Gasteiger partial charge in [0.1, 0.15) is 10.3 Å². The Bertz CT molecular complexity index is 535. The second kappa shape index (κ2) is 6.77. The van der Waals surface area contributed by atoms with Crippen molar-refractivity contribution in [3.63, 3.8) is 0 Å². The quantitative estimate of drug-likeness (QED) is 0.209. The lowest BCUT2D eigenvalue weighted by molar-refractivity contribution is -0.575. The molecule has 0 unspecified atom stereocenters. The highest BCUT2D eigenvalue weighted by Gasteiger charge is 2.15. The Kier molecular flexibility index (Phi) is 5.31. The maximum absolute atomic E-state index is 8.76. The first-order valence-corrected chi connectivity index (χ1v) is 6.30. The summed E-state index contributed by atoms with van der Waals surface area (Å²) in [6.07, 6.45) is 7.00. The Balaban J connectivity index is 3.29. The molecule has 1 rings (SSSR count). The molecule has 5 heteroatoms. The summed E-state index contributed by atoms with van der Waals surface area (Å²) in [5.41, 5.74) is 0.693. The molecule has 3 nitrogen and oxygen atoms in total. The van der Waals surface area contributed by atoms with Gasteiger partial charge in [0, 0.05) is 18.2 Å². The van der Waals surface area contributed by atoms with Crippen LogP contribution in [0.2, 0.25) is 0 Å². The van der Waals surface area contributed by atoms with Crippen molar-refractivity contribution in [1.29, 1.82) is 5.26 Å². The monoisotopic (exact) mass is 259 g/mol. The normalized spacial score (nSPS) is 10.2. The average molecular weight is 259 g/mol. The molecule has 1 aromatic heterocycles. The first-order chi connectivity index (χ1) is 8.22. The van der Waals surface area contributed by atoms with E-state index >= 15 is 0 Å². The van der Waals surface area contributed by atoms with Crippen molar-refractivity contribution in [2.75, 3.05) is 6.26 Å². The van der Waals surface area contributed by atoms with Crippen LogP contribution in [0.25, 0.3) is 11.1 Å². The lowest BCUT2D eigenvalue weighted by Gasteiger charge is -2.00. The fraction of sp³-hybridized carbons (Fsp3) is 0.0833.